The summed E-state index contributed by atoms with van der Waals surface area (Å²) in [6.07, 6.45) is 0. The van der Waals surface area contributed by atoms with Gasteiger partial charge in [-0.3, -0.25) is 0 Å². The minimum absolute atomic E-state index is 0.0879. The number of ether oxygens (including phenoxy) is 1. The molecule has 3 heteroatoms. The highest BCUT2D eigenvalue weighted by Gasteiger charge is 2.10. The number of rotatable bonds is 5. The maximum Gasteiger partial charge on any atom is 0.146 e. The molecule has 0 atom stereocenters. The van der Waals surface area contributed by atoms with E-state index in [2.05, 4.69) is 26.1 Å². The fraction of sp³-hybridized carbons (Fsp3) is 0.412. The summed E-state index contributed by atoms with van der Waals surface area (Å²) in [4.78, 5) is 0. The molecular weight excluding hydrogens is 250 g/mol. The summed E-state index contributed by atoms with van der Waals surface area (Å²) in [6.45, 7) is 9.64. The third-order valence-electron chi connectivity index (χ3n) is 2.97. The van der Waals surface area contributed by atoms with Gasteiger partial charge >= 0.3 is 0 Å². The van der Waals surface area contributed by atoms with E-state index in [0.29, 0.717) is 6.61 Å². The second kappa shape index (κ2) is 6.14. The number of nitrogens with one attached hydrogen (secondary N) is 1. The monoisotopic (exact) mass is 273 g/mol. The maximum absolute atomic E-state index is 5.77. The smallest absolute Gasteiger partial charge is 0.146 e. The number of furan rings is 1. The summed E-state index contributed by atoms with van der Waals surface area (Å²) >= 11 is 0. The van der Waals surface area contributed by atoms with E-state index in [4.69, 9.17) is 9.15 Å². The third-order valence-corrected chi connectivity index (χ3v) is 2.97. The number of para-hydroxylation sites is 1. The van der Waals surface area contributed by atoms with Crippen LogP contribution in [-0.2, 0) is 13.2 Å². The summed E-state index contributed by atoms with van der Waals surface area (Å²) in [6, 6.07) is 12.0. The summed E-state index contributed by atoms with van der Waals surface area (Å²) in [7, 11) is 0. The molecule has 1 aromatic heterocycles. The standard InChI is InChI=1S/C17H23NO2/c1-13-7-5-6-8-16(13)19-12-15-10-9-14(20-15)11-18-17(2,3)4/h5-10,18H,11-12H2,1-4H3. The van der Waals surface area contributed by atoms with Crippen LogP contribution < -0.4 is 10.1 Å². The van der Waals surface area contributed by atoms with Gasteiger partial charge < -0.3 is 14.5 Å². The van der Waals surface area contributed by atoms with Crippen LogP contribution in [0, 0.1) is 6.92 Å². The third kappa shape index (κ3) is 4.42. The van der Waals surface area contributed by atoms with E-state index in [9.17, 15) is 0 Å². The van der Waals surface area contributed by atoms with Crippen LogP contribution >= 0.6 is 0 Å². The Labute approximate surface area is 121 Å². The number of aryl methyl sites for hydroxylation is 1. The van der Waals surface area contributed by atoms with Gasteiger partial charge in [0.05, 0.1) is 6.54 Å². The first-order chi connectivity index (χ1) is 9.44. The predicted molar refractivity (Wildman–Crippen MR) is 80.8 cm³/mol. The lowest BCUT2D eigenvalue weighted by Crippen LogP contribution is -2.34. The van der Waals surface area contributed by atoms with Crippen LogP contribution in [0.4, 0.5) is 0 Å². The summed E-state index contributed by atoms with van der Waals surface area (Å²) in [5.74, 6) is 2.68. The SMILES string of the molecule is Cc1ccccc1OCc1ccc(CNC(C)(C)C)o1. The number of benzene rings is 1. The lowest BCUT2D eigenvalue weighted by Gasteiger charge is -2.19. The molecule has 0 fully saturated rings. The van der Waals surface area contributed by atoms with Crippen LogP contribution in [0.2, 0.25) is 0 Å². The zero-order chi connectivity index (χ0) is 14.6. The highest BCUT2D eigenvalue weighted by molar-refractivity contribution is 5.31. The Bertz CT molecular complexity index is 552. The average molecular weight is 273 g/mol. The minimum Gasteiger partial charge on any atom is -0.485 e. The van der Waals surface area contributed by atoms with Crippen LogP contribution in [-0.4, -0.2) is 5.54 Å². The molecule has 2 aromatic rings. The molecule has 0 spiro atoms. The number of hydrogen-bond donors (Lipinski definition) is 1. The normalized spacial score (nSPS) is 11.6. The van der Waals surface area contributed by atoms with E-state index < -0.39 is 0 Å². The van der Waals surface area contributed by atoms with E-state index in [1.165, 1.54) is 0 Å². The van der Waals surface area contributed by atoms with Crippen molar-refractivity contribution in [3.05, 3.63) is 53.5 Å². The second-order valence-corrected chi connectivity index (χ2v) is 6.03. The average Bonchev–Trinajstić information content (AvgIpc) is 2.83. The van der Waals surface area contributed by atoms with Crippen molar-refractivity contribution in [2.45, 2.75) is 46.4 Å². The summed E-state index contributed by atoms with van der Waals surface area (Å²) < 4.78 is 11.5. The first-order valence-electron chi connectivity index (χ1n) is 6.95. The molecule has 3 nitrogen and oxygen atoms in total. The molecule has 0 amide bonds. The summed E-state index contributed by atoms with van der Waals surface area (Å²) in [5, 5.41) is 3.40. The van der Waals surface area contributed by atoms with E-state index in [1.807, 2.05) is 43.3 Å². The molecule has 20 heavy (non-hydrogen) atoms. The van der Waals surface area contributed by atoms with Gasteiger partial charge in [0.25, 0.3) is 0 Å². The van der Waals surface area contributed by atoms with Crippen molar-refractivity contribution in [1.82, 2.24) is 5.32 Å². The molecule has 0 unspecified atom stereocenters. The Kier molecular flexibility index (Phi) is 4.50. The summed E-state index contributed by atoms with van der Waals surface area (Å²) in [5.41, 5.74) is 1.22. The topological polar surface area (TPSA) is 34.4 Å². The van der Waals surface area contributed by atoms with Gasteiger partial charge in [-0.1, -0.05) is 18.2 Å². The molecular formula is C17H23NO2. The van der Waals surface area contributed by atoms with Crippen LogP contribution in [0.25, 0.3) is 0 Å². The fourth-order valence-electron chi connectivity index (χ4n) is 1.81. The highest BCUT2D eigenvalue weighted by Crippen LogP contribution is 2.18. The quantitative estimate of drug-likeness (QED) is 0.892. The zero-order valence-corrected chi connectivity index (χ0v) is 12.7. The molecule has 0 bridgehead atoms. The first kappa shape index (κ1) is 14.7. The van der Waals surface area contributed by atoms with Gasteiger partial charge in [0, 0.05) is 5.54 Å². The van der Waals surface area contributed by atoms with Gasteiger partial charge in [-0.05, 0) is 51.5 Å². The van der Waals surface area contributed by atoms with Crippen molar-refractivity contribution < 1.29 is 9.15 Å². The molecule has 0 aliphatic carbocycles. The molecule has 1 aromatic carbocycles. The van der Waals surface area contributed by atoms with Gasteiger partial charge in [0.1, 0.15) is 23.9 Å². The zero-order valence-electron chi connectivity index (χ0n) is 12.7. The Morgan fingerprint density at radius 1 is 1.05 bits per heavy atom. The Morgan fingerprint density at radius 2 is 1.75 bits per heavy atom. The van der Waals surface area contributed by atoms with Gasteiger partial charge in [-0.2, -0.15) is 0 Å². The molecule has 0 saturated heterocycles. The van der Waals surface area contributed by atoms with Gasteiger partial charge in [0.2, 0.25) is 0 Å². The van der Waals surface area contributed by atoms with Gasteiger partial charge in [-0.15, -0.1) is 0 Å². The van der Waals surface area contributed by atoms with Crippen molar-refractivity contribution >= 4 is 0 Å². The lowest BCUT2D eigenvalue weighted by molar-refractivity contribution is 0.261. The molecule has 0 saturated carbocycles. The van der Waals surface area contributed by atoms with Crippen molar-refractivity contribution in [3.8, 4) is 5.75 Å². The van der Waals surface area contributed by atoms with Crippen LogP contribution in [0.15, 0.2) is 40.8 Å². The molecule has 1 heterocycles. The molecule has 108 valence electrons. The van der Waals surface area contributed by atoms with E-state index in [0.717, 1.165) is 29.4 Å². The predicted octanol–water partition coefficient (Wildman–Crippen LogP) is 4.06. The van der Waals surface area contributed by atoms with Gasteiger partial charge in [0.15, 0.2) is 0 Å². The van der Waals surface area contributed by atoms with Crippen molar-refractivity contribution in [1.29, 1.82) is 0 Å². The van der Waals surface area contributed by atoms with Crippen LogP contribution in [0.1, 0.15) is 37.9 Å². The largest absolute Gasteiger partial charge is 0.485 e. The Hall–Kier alpha value is -1.74. The highest BCUT2D eigenvalue weighted by atomic mass is 16.5. The van der Waals surface area contributed by atoms with Gasteiger partial charge in [-0.25, -0.2) is 0 Å². The van der Waals surface area contributed by atoms with Crippen molar-refractivity contribution in [3.63, 3.8) is 0 Å². The fourth-order valence-corrected chi connectivity index (χ4v) is 1.81. The molecule has 0 aliphatic rings. The maximum atomic E-state index is 5.77. The van der Waals surface area contributed by atoms with E-state index in [1.54, 1.807) is 0 Å². The number of hydrogen-bond acceptors (Lipinski definition) is 3. The van der Waals surface area contributed by atoms with Crippen molar-refractivity contribution in [2.24, 2.45) is 0 Å². The molecule has 0 radical (unpaired) electrons. The first-order valence-corrected chi connectivity index (χ1v) is 6.95. The Morgan fingerprint density at radius 3 is 2.45 bits per heavy atom. The Balaban J connectivity index is 1.89. The second-order valence-electron chi connectivity index (χ2n) is 6.03. The molecule has 1 N–H and O–H groups in total. The van der Waals surface area contributed by atoms with Crippen LogP contribution in [0.5, 0.6) is 5.75 Å². The minimum atomic E-state index is 0.0879. The van der Waals surface area contributed by atoms with Crippen LogP contribution in [0.3, 0.4) is 0 Å². The van der Waals surface area contributed by atoms with E-state index in [-0.39, 0.29) is 5.54 Å². The van der Waals surface area contributed by atoms with E-state index >= 15 is 0 Å². The van der Waals surface area contributed by atoms with Crippen molar-refractivity contribution in [2.75, 3.05) is 0 Å². The molecule has 0 aliphatic heterocycles. The lowest BCUT2D eigenvalue weighted by atomic mass is 10.1. The molecule has 2 rings (SSSR count).